The largest absolute Gasteiger partial charge is 0.454 e. The fourth-order valence-electron chi connectivity index (χ4n) is 3.75. The molecule has 0 radical (unpaired) electrons. The number of carbonyl (C=O) groups is 1. The van der Waals surface area contributed by atoms with Gasteiger partial charge in [0.05, 0.1) is 0 Å². The van der Waals surface area contributed by atoms with Gasteiger partial charge in [-0.15, -0.1) is 0 Å². The molecule has 5 rings (SSSR count). The van der Waals surface area contributed by atoms with Crippen molar-refractivity contribution in [2.75, 3.05) is 6.79 Å². The van der Waals surface area contributed by atoms with Crippen LogP contribution >= 0.6 is 0 Å². The van der Waals surface area contributed by atoms with E-state index in [-0.39, 0.29) is 12.7 Å². The van der Waals surface area contributed by atoms with Gasteiger partial charge >= 0.3 is 0 Å². The number of carbonyl (C=O) groups excluding carboxylic acids is 1. The third-order valence-corrected chi connectivity index (χ3v) is 5.47. The topological polar surface area (TPSA) is 86.5 Å². The van der Waals surface area contributed by atoms with E-state index in [9.17, 15) is 4.79 Å². The van der Waals surface area contributed by atoms with Crippen molar-refractivity contribution in [1.29, 1.82) is 0 Å². The first-order valence-corrected chi connectivity index (χ1v) is 10.9. The van der Waals surface area contributed by atoms with Crippen LogP contribution in [0.15, 0.2) is 83.4 Å². The normalized spacial score (nSPS) is 13.0. The fourth-order valence-corrected chi connectivity index (χ4v) is 3.75. The number of rotatable bonds is 8. The summed E-state index contributed by atoms with van der Waals surface area (Å²) < 4.78 is 16.4. The van der Waals surface area contributed by atoms with E-state index in [0.717, 1.165) is 16.7 Å². The molecule has 0 unspecified atom stereocenters. The fraction of sp³-hybridized carbons (Fsp3) is 0.192. The number of amides is 1. The molecule has 3 aromatic carbocycles. The molecule has 0 fully saturated rings. The van der Waals surface area contributed by atoms with Crippen molar-refractivity contribution in [2.45, 2.75) is 25.3 Å². The lowest BCUT2D eigenvalue weighted by Gasteiger charge is -2.15. The Morgan fingerprint density at radius 1 is 0.909 bits per heavy atom. The van der Waals surface area contributed by atoms with Crippen molar-refractivity contribution < 1.29 is 18.8 Å². The monoisotopic (exact) mass is 441 g/mol. The van der Waals surface area contributed by atoms with Crippen LogP contribution in [0.1, 0.15) is 29.5 Å². The van der Waals surface area contributed by atoms with E-state index in [1.807, 2.05) is 78.9 Å². The van der Waals surface area contributed by atoms with E-state index in [1.165, 1.54) is 0 Å². The predicted molar refractivity (Wildman–Crippen MR) is 122 cm³/mol. The van der Waals surface area contributed by atoms with Gasteiger partial charge < -0.3 is 19.3 Å². The van der Waals surface area contributed by atoms with Gasteiger partial charge in [0.1, 0.15) is 6.04 Å². The Bertz CT molecular complexity index is 1220. The molecule has 1 aromatic heterocycles. The van der Waals surface area contributed by atoms with Gasteiger partial charge in [0.2, 0.25) is 24.4 Å². The van der Waals surface area contributed by atoms with Crippen molar-refractivity contribution in [3.8, 4) is 22.9 Å². The Labute approximate surface area is 191 Å². The molecule has 4 aromatic rings. The van der Waals surface area contributed by atoms with E-state index >= 15 is 0 Å². The minimum Gasteiger partial charge on any atom is -0.454 e. The highest BCUT2D eigenvalue weighted by Gasteiger charge is 2.23. The van der Waals surface area contributed by atoms with Crippen LogP contribution < -0.4 is 14.8 Å². The maximum absolute atomic E-state index is 12.8. The Morgan fingerprint density at radius 2 is 1.64 bits per heavy atom. The van der Waals surface area contributed by atoms with Gasteiger partial charge in [-0.25, -0.2) is 0 Å². The lowest BCUT2D eigenvalue weighted by atomic mass is 10.0. The van der Waals surface area contributed by atoms with Crippen molar-refractivity contribution in [1.82, 2.24) is 15.5 Å². The second kappa shape index (κ2) is 9.56. The summed E-state index contributed by atoms with van der Waals surface area (Å²) in [5.41, 5.74) is 2.94. The molecule has 166 valence electrons. The van der Waals surface area contributed by atoms with Crippen LogP contribution in [0.3, 0.4) is 0 Å². The van der Waals surface area contributed by atoms with Gasteiger partial charge in [-0.2, -0.15) is 4.98 Å². The highest BCUT2D eigenvalue weighted by Crippen LogP contribution is 2.35. The van der Waals surface area contributed by atoms with E-state index in [4.69, 9.17) is 14.0 Å². The minimum atomic E-state index is -0.439. The second-order valence-electron chi connectivity index (χ2n) is 7.82. The molecule has 2 heterocycles. The summed E-state index contributed by atoms with van der Waals surface area (Å²) in [5.74, 6) is 2.06. The first-order chi connectivity index (χ1) is 16.2. The Morgan fingerprint density at radius 3 is 2.42 bits per heavy atom. The summed E-state index contributed by atoms with van der Waals surface area (Å²) in [4.78, 5) is 17.3. The SMILES string of the molecule is O=C(CCc1ccccc1)N[C@@H](Cc1ccccc1)c1nc(-c2ccc3c(c2)OCO3)no1. The summed E-state index contributed by atoms with van der Waals surface area (Å²) in [6.07, 6.45) is 1.58. The van der Waals surface area contributed by atoms with Crippen LogP contribution in [-0.4, -0.2) is 22.8 Å². The molecule has 33 heavy (non-hydrogen) atoms. The molecule has 0 saturated carbocycles. The van der Waals surface area contributed by atoms with Gasteiger partial charge in [-0.05, 0) is 35.7 Å². The zero-order valence-electron chi connectivity index (χ0n) is 17.9. The summed E-state index contributed by atoms with van der Waals surface area (Å²) in [7, 11) is 0. The zero-order chi connectivity index (χ0) is 22.5. The van der Waals surface area contributed by atoms with Crippen LogP contribution in [-0.2, 0) is 17.6 Å². The quantitative estimate of drug-likeness (QED) is 0.433. The number of aryl methyl sites for hydroxylation is 1. The maximum Gasteiger partial charge on any atom is 0.249 e. The average molecular weight is 441 g/mol. The smallest absolute Gasteiger partial charge is 0.249 e. The van der Waals surface area contributed by atoms with E-state index in [1.54, 1.807) is 0 Å². The van der Waals surface area contributed by atoms with Crippen molar-refractivity contribution in [3.05, 3.63) is 95.9 Å². The Hall–Kier alpha value is -4.13. The van der Waals surface area contributed by atoms with Gasteiger partial charge in [-0.3, -0.25) is 4.79 Å². The lowest BCUT2D eigenvalue weighted by Crippen LogP contribution is -2.30. The molecule has 0 saturated heterocycles. The summed E-state index contributed by atoms with van der Waals surface area (Å²) in [6.45, 7) is 0.199. The van der Waals surface area contributed by atoms with Crippen LogP contribution in [0.25, 0.3) is 11.4 Å². The number of aromatic nitrogens is 2. The number of hydrogen-bond acceptors (Lipinski definition) is 6. The van der Waals surface area contributed by atoms with Gasteiger partial charge in [0, 0.05) is 18.4 Å². The number of hydrogen-bond donors (Lipinski definition) is 1. The highest BCUT2D eigenvalue weighted by atomic mass is 16.7. The molecule has 0 spiro atoms. The second-order valence-corrected chi connectivity index (χ2v) is 7.82. The number of ether oxygens (including phenoxy) is 2. The number of fused-ring (bicyclic) bond motifs is 1. The standard InChI is InChI=1S/C26H23N3O4/c30-24(14-11-18-7-3-1-4-8-18)27-21(15-19-9-5-2-6-10-19)26-28-25(29-33-26)20-12-13-22-23(16-20)32-17-31-22/h1-10,12-13,16,21H,11,14-15,17H2,(H,27,30)/t21-/m0/s1. The van der Waals surface area contributed by atoms with Crippen molar-refractivity contribution in [3.63, 3.8) is 0 Å². The molecule has 7 heteroatoms. The predicted octanol–water partition coefficient (Wildman–Crippen LogP) is 4.50. The summed E-state index contributed by atoms with van der Waals surface area (Å²) in [5, 5.41) is 7.22. The first-order valence-electron chi connectivity index (χ1n) is 10.9. The molecule has 0 bridgehead atoms. The van der Waals surface area contributed by atoms with E-state index < -0.39 is 6.04 Å². The maximum atomic E-state index is 12.8. The van der Waals surface area contributed by atoms with E-state index in [2.05, 4.69) is 15.5 Å². The van der Waals surface area contributed by atoms with Crippen molar-refractivity contribution >= 4 is 5.91 Å². The van der Waals surface area contributed by atoms with Gasteiger partial charge in [-0.1, -0.05) is 65.8 Å². The summed E-state index contributed by atoms with van der Waals surface area (Å²) in [6, 6.07) is 24.9. The molecule has 1 aliphatic heterocycles. The molecule has 0 aliphatic carbocycles. The number of nitrogens with one attached hydrogen (secondary N) is 1. The summed E-state index contributed by atoms with van der Waals surface area (Å²) >= 11 is 0. The van der Waals surface area contributed by atoms with Crippen molar-refractivity contribution in [2.24, 2.45) is 0 Å². The van der Waals surface area contributed by atoms with Crippen LogP contribution in [0.4, 0.5) is 0 Å². The zero-order valence-corrected chi connectivity index (χ0v) is 17.9. The molecule has 1 atom stereocenters. The molecular formula is C26H23N3O4. The third kappa shape index (κ3) is 5.03. The average Bonchev–Trinajstić information content (AvgIpc) is 3.53. The highest BCUT2D eigenvalue weighted by molar-refractivity contribution is 5.76. The molecule has 1 N–H and O–H groups in total. The minimum absolute atomic E-state index is 0.0670. The number of benzene rings is 3. The Kier molecular flexibility index (Phi) is 6.01. The molecule has 1 aliphatic rings. The Balaban J connectivity index is 1.33. The molecule has 7 nitrogen and oxygen atoms in total. The van der Waals surface area contributed by atoms with Gasteiger partial charge in [0.15, 0.2) is 11.5 Å². The van der Waals surface area contributed by atoms with E-state index in [0.29, 0.717) is 42.5 Å². The van der Waals surface area contributed by atoms with Crippen LogP contribution in [0.5, 0.6) is 11.5 Å². The molecular weight excluding hydrogens is 418 g/mol. The van der Waals surface area contributed by atoms with Crippen LogP contribution in [0.2, 0.25) is 0 Å². The van der Waals surface area contributed by atoms with Crippen LogP contribution in [0, 0.1) is 0 Å². The molecule has 1 amide bonds. The lowest BCUT2D eigenvalue weighted by molar-refractivity contribution is -0.122. The van der Waals surface area contributed by atoms with Gasteiger partial charge in [0.25, 0.3) is 0 Å². The first kappa shape index (κ1) is 20.8. The third-order valence-electron chi connectivity index (χ3n) is 5.47. The number of nitrogens with zero attached hydrogens (tertiary/aromatic N) is 2.